The van der Waals surface area contributed by atoms with E-state index in [-0.39, 0.29) is 11.8 Å². The summed E-state index contributed by atoms with van der Waals surface area (Å²) < 4.78 is 11.1. The highest BCUT2D eigenvalue weighted by atomic mass is 32.1. The lowest BCUT2D eigenvalue weighted by Gasteiger charge is -2.25. The maximum absolute atomic E-state index is 12.5. The molecule has 0 spiro atoms. The van der Waals surface area contributed by atoms with Gasteiger partial charge in [-0.2, -0.15) is 0 Å². The van der Waals surface area contributed by atoms with E-state index < -0.39 is 0 Å². The first-order valence-corrected chi connectivity index (χ1v) is 9.86. The van der Waals surface area contributed by atoms with Gasteiger partial charge in [-0.3, -0.25) is 4.79 Å². The molecule has 2 aromatic carbocycles. The average Bonchev–Trinajstić information content (AvgIpc) is 3.12. The van der Waals surface area contributed by atoms with Crippen LogP contribution in [0.2, 0.25) is 0 Å². The Morgan fingerprint density at radius 3 is 2.67 bits per heavy atom. The monoisotopic (exact) mass is 379 g/mol. The van der Waals surface area contributed by atoms with Gasteiger partial charge in [-0.05, 0) is 30.7 Å². The van der Waals surface area contributed by atoms with Crippen LogP contribution >= 0.6 is 11.3 Å². The molecule has 4 rings (SSSR count). The smallest absolute Gasteiger partial charge is 0.225 e. The van der Waals surface area contributed by atoms with E-state index in [0.29, 0.717) is 13.0 Å². The number of amides is 1. The van der Waals surface area contributed by atoms with Gasteiger partial charge in [0.2, 0.25) is 5.91 Å². The largest absolute Gasteiger partial charge is 0.497 e. The molecule has 1 aliphatic rings. The van der Waals surface area contributed by atoms with Crippen molar-refractivity contribution in [1.82, 2.24) is 0 Å². The van der Waals surface area contributed by atoms with Crippen LogP contribution in [0.4, 0.5) is 5.69 Å². The quantitative estimate of drug-likeness (QED) is 0.655. The average molecular weight is 379 g/mol. The first-order valence-electron chi connectivity index (χ1n) is 8.98. The number of fused-ring (bicyclic) bond motifs is 1. The Balaban J connectivity index is 1.78. The van der Waals surface area contributed by atoms with Crippen molar-refractivity contribution in [2.24, 2.45) is 0 Å². The van der Waals surface area contributed by atoms with Crippen molar-refractivity contribution in [3.05, 3.63) is 64.4 Å². The van der Waals surface area contributed by atoms with E-state index in [4.69, 9.17) is 9.47 Å². The van der Waals surface area contributed by atoms with Gasteiger partial charge < -0.3 is 14.8 Å². The molecule has 1 aromatic heterocycles. The minimum absolute atomic E-state index is 0.00787. The van der Waals surface area contributed by atoms with Crippen molar-refractivity contribution < 1.29 is 14.3 Å². The maximum atomic E-state index is 12.5. The van der Waals surface area contributed by atoms with Crippen molar-refractivity contribution >= 4 is 22.9 Å². The lowest BCUT2D eigenvalue weighted by Crippen LogP contribution is -2.22. The topological polar surface area (TPSA) is 47.6 Å². The van der Waals surface area contributed by atoms with Gasteiger partial charge in [0.1, 0.15) is 11.5 Å². The number of methoxy groups -OCH3 is 1. The van der Waals surface area contributed by atoms with E-state index in [0.717, 1.165) is 33.9 Å². The van der Waals surface area contributed by atoms with Crippen molar-refractivity contribution in [1.29, 1.82) is 0 Å². The summed E-state index contributed by atoms with van der Waals surface area (Å²) >= 11 is 1.69. The first kappa shape index (κ1) is 17.6. The highest BCUT2D eigenvalue weighted by Gasteiger charge is 2.32. The Morgan fingerprint density at radius 2 is 1.93 bits per heavy atom. The third-order valence-corrected chi connectivity index (χ3v) is 5.88. The Bertz CT molecular complexity index is 962. The fourth-order valence-electron chi connectivity index (χ4n) is 3.52. The molecule has 5 heteroatoms. The molecule has 0 fully saturated rings. The Labute approximate surface area is 162 Å². The SMILES string of the molecule is CCOc1ccccc1[C@H]1CC(=O)Nc2c(-c3ccc(OC)cc3)csc21. The standard InChI is InChI=1S/C22H21NO3S/c1-3-26-19-7-5-4-6-16(19)17-12-20(24)23-21-18(13-27-22(17)21)14-8-10-15(25-2)11-9-14/h4-11,13,17H,3,12H2,1-2H3,(H,23,24)/t17-/m1/s1. The highest BCUT2D eigenvalue weighted by molar-refractivity contribution is 7.11. The summed E-state index contributed by atoms with van der Waals surface area (Å²) in [5.41, 5.74) is 4.09. The van der Waals surface area contributed by atoms with E-state index in [1.807, 2.05) is 49.4 Å². The summed E-state index contributed by atoms with van der Waals surface area (Å²) in [6, 6.07) is 15.9. The number of nitrogens with one attached hydrogen (secondary N) is 1. The molecular weight excluding hydrogens is 358 g/mol. The molecule has 27 heavy (non-hydrogen) atoms. The second kappa shape index (κ2) is 7.45. The zero-order valence-corrected chi connectivity index (χ0v) is 16.1. The molecule has 138 valence electrons. The first-order chi connectivity index (χ1) is 13.2. The molecule has 0 unspecified atom stereocenters. The van der Waals surface area contributed by atoms with Crippen molar-refractivity contribution in [3.63, 3.8) is 0 Å². The van der Waals surface area contributed by atoms with Crippen LogP contribution in [0.1, 0.15) is 29.7 Å². The lowest BCUT2D eigenvalue weighted by atomic mass is 9.88. The molecule has 0 radical (unpaired) electrons. The number of carbonyl (C=O) groups excluding carboxylic acids is 1. The molecular formula is C22H21NO3S. The number of benzene rings is 2. The minimum atomic E-state index is 0.00787. The van der Waals surface area contributed by atoms with Crippen molar-refractivity contribution in [2.75, 3.05) is 19.0 Å². The van der Waals surface area contributed by atoms with Gasteiger partial charge in [-0.25, -0.2) is 0 Å². The number of anilines is 1. The third kappa shape index (κ3) is 3.30. The second-order valence-electron chi connectivity index (χ2n) is 6.39. The van der Waals surface area contributed by atoms with Gasteiger partial charge in [0.25, 0.3) is 0 Å². The molecule has 0 saturated carbocycles. The molecule has 1 amide bonds. The highest BCUT2D eigenvalue weighted by Crippen LogP contribution is 2.48. The summed E-state index contributed by atoms with van der Waals surface area (Å²) in [5, 5.41) is 5.21. The van der Waals surface area contributed by atoms with Gasteiger partial charge in [0.15, 0.2) is 0 Å². The summed E-state index contributed by atoms with van der Waals surface area (Å²) in [4.78, 5) is 13.7. The second-order valence-corrected chi connectivity index (χ2v) is 7.30. The fourth-order valence-corrected chi connectivity index (χ4v) is 4.67. The molecule has 1 aliphatic heterocycles. The van der Waals surface area contributed by atoms with E-state index in [9.17, 15) is 4.79 Å². The van der Waals surface area contributed by atoms with Gasteiger partial charge in [0.05, 0.1) is 19.4 Å². The third-order valence-electron chi connectivity index (χ3n) is 4.79. The van der Waals surface area contributed by atoms with E-state index in [1.165, 1.54) is 4.88 Å². The zero-order valence-electron chi connectivity index (χ0n) is 15.3. The normalized spacial score (nSPS) is 15.8. The molecule has 0 bridgehead atoms. The predicted octanol–water partition coefficient (Wildman–Crippen LogP) is 5.30. The molecule has 2 heterocycles. The number of rotatable bonds is 5. The zero-order chi connectivity index (χ0) is 18.8. The molecule has 1 N–H and O–H groups in total. The molecule has 0 saturated heterocycles. The summed E-state index contributed by atoms with van der Waals surface area (Å²) in [6.45, 7) is 2.58. The van der Waals surface area contributed by atoms with Crippen LogP contribution in [0.3, 0.4) is 0 Å². The van der Waals surface area contributed by atoms with Crippen LogP contribution in [0.15, 0.2) is 53.9 Å². The summed E-state index contributed by atoms with van der Waals surface area (Å²) in [5.74, 6) is 1.71. The maximum Gasteiger partial charge on any atom is 0.225 e. The number of thiophene rings is 1. The molecule has 1 atom stereocenters. The van der Waals surface area contributed by atoms with Crippen molar-refractivity contribution in [3.8, 4) is 22.6 Å². The fraction of sp³-hybridized carbons (Fsp3) is 0.227. The number of ether oxygens (including phenoxy) is 2. The van der Waals surface area contributed by atoms with Gasteiger partial charge >= 0.3 is 0 Å². The summed E-state index contributed by atoms with van der Waals surface area (Å²) in [7, 11) is 1.65. The van der Waals surface area contributed by atoms with E-state index >= 15 is 0 Å². The Hall–Kier alpha value is -2.79. The van der Waals surface area contributed by atoms with Crippen LogP contribution in [-0.4, -0.2) is 19.6 Å². The molecule has 3 aromatic rings. The number of para-hydroxylation sites is 1. The lowest BCUT2D eigenvalue weighted by molar-refractivity contribution is -0.116. The number of hydrogen-bond acceptors (Lipinski definition) is 4. The van der Waals surface area contributed by atoms with Crippen LogP contribution in [0.5, 0.6) is 11.5 Å². The van der Waals surface area contributed by atoms with E-state index in [2.05, 4.69) is 16.8 Å². The van der Waals surface area contributed by atoms with Crippen molar-refractivity contribution in [2.45, 2.75) is 19.3 Å². The number of hydrogen-bond donors (Lipinski definition) is 1. The Morgan fingerprint density at radius 1 is 1.15 bits per heavy atom. The predicted molar refractivity (Wildman–Crippen MR) is 109 cm³/mol. The van der Waals surface area contributed by atoms with Gasteiger partial charge in [-0.15, -0.1) is 11.3 Å². The van der Waals surface area contributed by atoms with Crippen LogP contribution in [0, 0.1) is 0 Å². The molecule has 0 aliphatic carbocycles. The molecule has 4 nitrogen and oxygen atoms in total. The van der Waals surface area contributed by atoms with Crippen LogP contribution in [0.25, 0.3) is 11.1 Å². The van der Waals surface area contributed by atoms with Gasteiger partial charge in [-0.1, -0.05) is 30.3 Å². The number of carbonyl (C=O) groups is 1. The van der Waals surface area contributed by atoms with E-state index in [1.54, 1.807) is 18.4 Å². The van der Waals surface area contributed by atoms with Crippen LogP contribution < -0.4 is 14.8 Å². The van der Waals surface area contributed by atoms with Crippen LogP contribution in [-0.2, 0) is 4.79 Å². The minimum Gasteiger partial charge on any atom is -0.497 e. The summed E-state index contributed by atoms with van der Waals surface area (Å²) in [6.07, 6.45) is 0.430. The van der Waals surface area contributed by atoms with Gasteiger partial charge in [0, 0.05) is 33.7 Å². The Kier molecular flexibility index (Phi) is 4.86.